The molecule has 0 unspecified atom stereocenters. The van der Waals surface area contributed by atoms with Crippen LogP contribution in [0.15, 0.2) is 42.5 Å². The lowest BCUT2D eigenvalue weighted by atomic mass is 10.1. The van der Waals surface area contributed by atoms with Crippen LogP contribution in [0, 0.1) is 19.7 Å². The van der Waals surface area contributed by atoms with E-state index < -0.39 is 23.7 Å². The maximum Gasteiger partial charge on any atom is 0.256 e. The van der Waals surface area contributed by atoms with Crippen LogP contribution < -0.4 is 10.2 Å². The lowest BCUT2D eigenvalue weighted by Gasteiger charge is -2.17. The molecule has 0 bridgehead atoms. The summed E-state index contributed by atoms with van der Waals surface area (Å²) in [4.78, 5) is 25.7. The summed E-state index contributed by atoms with van der Waals surface area (Å²) in [5.41, 5.74) is 2.86. The Morgan fingerprint density at radius 1 is 1.13 bits per heavy atom. The molecule has 1 aliphatic heterocycles. The molecular weight excluding hydrogens is 295 g/mol. The van der Waals surface area contributed by atoms with Gasteiger partial charge in [0.25, 0.3) is 5.91 Å². The van der Waals surface area contributed by atoms with Gasteiger partial charge in [-0.2, -0.15) is 0 Å². The zero-order chi connectivity index (χ0) is 16.6. The van der Waals surface area contributed by atoms with Gasteiger partial charge in [-0.15, -0.1) is 0 Å². The first-order valence-electron chi connectivity index (χ1n) is 7.42. The zero-order valence-corrected chi connectivity index (χ0v) is 13.0. The predicted molar refractivity (Wildman–Crippen MR) is 86.8 cm³/mol. The predicted octanol–water partition coefficient (Wildman–Crippen LogP) is 3.19. The third-order valence-electron chi connectivity index (χ3n) is 3.96. The Morgan fingerprint density at radius 3 is 2.61 bits per heavy atom. The van der Waals surface area contributed by atoms with Crippen LogP contribution in [0.1, 0.15) is 17.5 Å². The third-order valence-corrected chi connectivity index (χ3v) is 3.96. The molecule has 118 valence electrons. The van der Waals surface area contributed by atoms with Gasteiger partial charge in [-0.3, -0.25) is 9.59 Å². The van der Waals surface area contributed by atoms with Crippen molar-refractivity contribution in [3.8, 4) is 0 Å². The van der Waals surface area contributed by atoms with E-state index in [0.717, 1.165) is 21.7 Å². The van der Waals surface area contributed by atoms with Crippen molar-refractivity contribution in [2.75, 3.05) is 10.2 Å². The summed E-state index contributed by atoms with van der Waals surface area (Å²) >= 11 is 0. The van der Waals surface area contributed by atoms with Gasteiger partial charge >= 0.3 is 0 Å². The molecule has 0 radical (unpaired) electrons. The summed E-state index contributed by atoms with van der Waals surface area (Å²) < 4.78 is 13.9. The number of carbonyl (C=O) groups excluding carboxylic acids is 2. The van der Waals surface area contributed by atoms with E-state index in [-0.39, 0.29) is 12.1 Å². The van der Waals surface area contributed by atoms with E-state index in [1.54, 1.807) is 6.07 Å². The highest BCUT2D eigenvalue weighted by Gasteiger charge is 2.40. The summed E-state index contributed by atoms with van der Waals surface area (Å²) in [6.07, 6.45) is 0.0144. The van der Waals surface area contributed by atoms with Gasteiger partial charge in [-0.1, -0.05) is 24.3 Å². The summed E-state index contributed by atoms with van der Waals surface area (Å²) in [6, 6.07) is 11.0. The molecule has 2 amide bonds. The molecular formula is C18H17FN2O2. The maximum absolute atomic E-state index is 13.9. The molecule has 23 heavy (non-hydrogen) atoms. The number of para-hydroxylation sites is 1. The van der Waals surface area contributed by atoms with E-state index in [1.165, 1.54) is 18.2 Å². The van der Waals surface area contributed by atoms with Crippen LogP contribution in [-0.2, 0) is 9.59 Å². The summed E-state index contributed by atoms with van der Waals surface area (Å²) in [5, 5.41) is 3.11. The largest absolute Gasteiger partial charge is 0.373 e. The molecule has 3 rings (SSSR count). The Bertz CT molecular complexity index is 788. The number of benzene rings is 2. The molecule has 0 saturated carbocycles. The minimum atomic E-state index is -0.678. The molecule has 1 N–H and O–H groups in total. The van der Waals surface area contributed by atoms with Crippen LogP contribution in [0.4, 0.5) is 15.8 Å². The molecule has 0 aromatic heterocycles. The Balaban J connectivity index is 1.87. The molecule has 2 aromatic rings. The molecule has 2 aromatic carbocycles. The van der Waals surface area contributed by atoms with Crippen LogP contribution in [0.25, 0.3) is 0 Å². The number of hydrogen-bond acceptors (Lipinski definition) is 3. The molecule has 1 heterocycles. The van der Waals surface area contributed by atoms with E-state index in [1.807, 2.05) is 32.0 Å². The number of hydrogen-bond donors (Lipinski definition) is 1. The Morgan fingerprint density at radius 2 is 1.87 bits per heavy atom. The number of imide groups is 1. The smallest absolute Gasteiger partial charge is 0.256 e. The van der Waals surface area contributed by atoms with Crippen molar-refractivity contribution in [1.29, 1.82) is 0 Å². The SMILES string of the molecule is Cc1ccc(C)c(N[C@H]2CC(=O)N(c3ccccc3F)C2=O)c1. The van der Waals surface area contributed by atoms with Crippen LogP contribution >= 0.6 is 0 Å². The first-order valence-corrected chi connectivity index (χ1v) is 7.42. The molecule has 4 nitrogen and oxygen atoms in total. The van der Waals surface area contributed by atoms with E-state index in [0.29, 0.717) is 0 Å². The van der Waals surface area contributed by atoms with Crippen molar-refractivity contribution >= 4 is 23.2 Å². The molecule has 1 atom stereocenters. The van der Waals surface area contributed by atoms with E-state index in [2.05, 4.69) is 5.32 Å². The second-order valence-electron chi connectivity index (χ2n) is 5.74. The Hall–Kier alpha value is -2.69. The van der Waals surface area contributed by atoms with Crippen molar-refractivity contribution in [2.45, 2.75) is 26.3 Å². The number of aryl methyl sites for hydroxylation is 2. The number of carbonyl (C=O) groups is 2. The van der Waals surface area contributed by atoms with Gasteiger partial charge in [0, 0.05) is 5.69 Å². The topological polar surface area (TPSA) is 49.4 Å². The second-order valence-corrected chi connectivity index (χ2v) is 5.74. The molecule has 1 saturated heterocycles. The molecule has 0 aliphatic carbocycles. The van der Waals surface area contributed by atoms with Gasteiger partial charge in [0.2, 0.25) is 5.91 Å². The number of nitrogens with one attached hydrogen (secondary N) is 1. The van der Waals surface area contributed by atoms with Gasteiger partial charge in [-0.25, -0.2) is 9.29 Å². The fourth-order valence-electron chi connectivity index (χ4n) is 2.71. The van der Waals surface area contributed by atoms with E-state index in [9.17, 15) is 14.0 Å². The van der Waals surface area contributed by atoms with Crippen LogP contribution in [0.3, 0.4) is 0 Å². The van der Waals surface area contributed by atoms with Gasteiger partial charge in [0.1, 0.15) is 11.9 Å². The number of nitrogens with zero attached hydrogens (tertiary/aromatic N) is 1. The minimum Gasteiger partial charge on any atom is -0.373 e. The summed E-state index contributed by atoms with van der Waals surface area (Å²) in [7, 11) is 0. The highest BCUT2D eigenvalue weighted by molar-refractivity contribution is 6.23. The molecule has 1 fully saturated rings. The molecule has 0 spiro atoms. The normalized spacial score (nSPS) is 17.7. The zero-order valence-electron chi connectivity index (χ0n) is 13.0. The van der Waals surface area contributed by atoms with Crippen LogP contribution in [-0.4, -0.2) is 17.9 Å². The average Bonchev–Trinajstić information content (AvgIpc) is 2.78. The van der Waals surface area contributed by atoms with Crippen molar-refractivity contribution in [3.05, 3.63) is 59.4 Å². The van der Waals surface area contributed by atoms with Gasteiger partial charge in [0.05, 0.1) is 12.1 Å². The molecule has 5 heteroatoms. The van der Waals surface area contributed by atoms with Gasteiger partial charge in [-0.05, 0) is 43.2 Å². The van der Waals surface area contributed by atoms with Crippen molar-refractivity contribution in [2.24, 2.45) is 0 Å². The van der Waals surface area contributed by atoms with Crippen molar-refractivity contribution in [1.82, 2.24) is 0 Å². The van der Waals surface area contributed by atoms with Crippen molar-refractivity contribution in [3.63, 3.8) is 0 Å². The number of amides is 2. The standard InChI is InChI=1S/C18H17FN2O2/c1-11-7-8-12(2)14(9-11)20-15-10-17(22)21(18(15)23)16-6-4-3-5-13(16)19/h3-9,15,20H,10H2,1-2H3/t15-/m0/s1. The number of rotatable bonds is 3. The van der Waals surface area contributed by atoms with Crippen LogP contribution in [0.2, 0.25) is 0 Å². The maximum atomic E-state index is 13.9. The average molecular weight is 312 g/mol. The fraction of sp³-hybridized carbons (Fsp3) is 0.222. The van der Waals surface area contributed by atoms with Gasteiger partial charge < -0.3 is 5.32 Å². The first kappa shape index (κ1) is 15.2. The van der Waals surface area contributed by atoms with Gasteiger partial charge in [0.15, 0.2) is 0 Å². The first-order chi connectivity index (χ1) is 11.0. The lowest BCUT2D eigenvalue weighted by molar-refractivity contribution is -0.121. The summed E-state index contributed by atoms with van der Waals surface area (Å²) in [6.45, 7) is 3.88. The third kappa shape index (κ3) is 2.82. The monoisotopic (exact) mass is 312 g/mol. The Kier molecular flexibility index (Phi) is 3.86. The Labute approximate surface area is 133 Å². The summed E-state index contributed by atoms with van der Waals surface area (Å²) in [5.74, 6) is -1.41. The highest BCUT2D eigenvalue weighted by Crippen LogP contribution is 2.28. The second kappa shape index (κ2) is 5.83. The van der Waals surface area contributed by atoms with Crippen molar-refractivity contribution < 1.29 is 14.0 Å². The number of halogens is 1. The van der Waals surface area contributed by atoms with Crippen LogP contribution in [0.5, 0.6) is 0 Å². The lowest BCUT2D eigenvalue weighted by Crippen LogP contribution is -2.35. The number of anilines is 2. The van der Waals surface area contributed by atoms with E-state index in [4.69, 9.17) is 0 Å². The van der Waals surface area contributed by atoms with E-state index >= 15 is 0 Å². The minimum absolute atomic E-state index is 0.00719. The fourth-order valence-corrected chi connectivity index (χ4v) is 2.71. The highest BCUT2D eigenvalue weighted by atomic mass is 19.1. The quantitative estimate of drug-likeness (QED) is 0.886. The molecule has 1 aliphatic rings.